The molecule has 0 bridgehead atoms. The fourth-order valence-electron chi connectivity index (χ4n) is 2.90. The SMILES string of the molecule is O=C(Nc1nc(C2CC2)cs1)C1CC(=O)N(c2ccccc2Cl)C1. The van der Waals surface area contributed by atoms with E-state index in [0.717, 1.165) is 5.69 Å². The average Bonchev–Trinajstić information content (AvgIpc) is 3.19. The molecule has 0 radical (unpaired) electrons. The predicted molar refractivity (Wildman–Crippen MR) is 94.6 cm³/mol. The molecule has 2 amide bonds. The summed E-state index contributed by atoms with van der Waals surface area (Å²) >= 11 is 7.60. The first kappa shape index (κ1) is 15.6. The van der Waals surface area contributed by atoms with Crippen LogP contribution in [-0.2, 0) is 9.59 Å². The van der Waals surface area contributed by atoms with Gasteiger partial charge in [0.05, 0.1) is 22.3 Å². The van der Waals surface area contributed by atoms with Crippen LogP contribution in [0.2, 0.25) is 5.02 Å². The highest BCUT2D eigenvalue weighted by Crippen LogP contribution is 2.41. The Labute approximate surface area is 148 Å². The molecule has 1 saturated heterocycles. The Balaban J connectivity index is 1.44. The molecule has 1 atom stereocenters. The zero-order valence-corrected chi connectivity index (χ0v) is 14.4. The van der Waals surface area contributed by atoms with Gasteiger partial charge in [-0.05, 0) is 25.0 Å². The molecule has 2 fully saturated rings. The second-order valence-corrected chi connectivity index (χ2v) is 7.46. The largest absolute Gasteiger partial charge is 0.310 e. The molecule has 124 valence electrons. The Bertz CT molecular complexity index is 803. The third kappa shape index (κ3) is 3.03. The van der Waals surface area contributed by atoms with Gasteiger partial charge in [0, 0.05) is 24.3 Å². The first-order valence-corrected chi connectivity index (χ1v) is 9.19. The van der Waals surface area contributed by atoms with Gasteiger partial charge in [-0.25, -0.2) is 4.98 Å². The summed E-state index contributed by atoms with van der Waals surface area (Å²) in [6.07, 6.45) is 2.56. The van der Waals surface area contributed by atoms with Crippen molar-refractivity contribution >= 4 is 45.6 Å². The maximum atomic E-state index is 12.5. The summed E-state index contributed by atoms with van der Waals surface area (Å²) in [5.41, 5.74) is 1.72. The number of carbonyl (C=O) groups is 2. The van der Waals surface area contributed by atoms with Crippen molar-refractivity contribution in [1.82, 2.24) is 4.98 Å². The highest BCUT2D eigenvalue weighted by molar-refractivity contribution is 7.13. The van der Waals surface area contributed by atoms with Crippen LogP contribution in [0.15, 0.2) is 29.6 Å². The fraction of sp³-hybridized carbons (Fsp3) is 0.353. The van der Waals surface area contributed by atoms with Gasteiger partial charge in [-0.2, -0.15) is 0 Å². The molecule has 5 nitrogen and oxygen atoms in total. The highest BCUT2D eigenvalue weighted by atomic mass is 35.5. The van der Waals surface area contributed by atoms with Crippen LogP contribution in [-0.4, -0.2) is 23.3 Å². The van der Waals surface area contributed by atoms with E-state index in [2.05, 4.69) is 10.3 Å². The van der Waals surface area contributed by atoms with E-state index in [1.54, 1.807) is 17.0 Å². The second-order valence-electron chi connectivity index (χ2n) is 6.20. The Morgan fingerprint density at radius 3 is 2.88 bits per heavy atom. The molecule has 1 saturated carbocycles. The summed E-state index contributed by atoms with van der Waals surface area (Å²) in [5, 5.41) is 5.98. The fourth-order valence-corrected chi connectivity index (χ4v) is 3.94. The summed E-state index contributed by atoms with van der Waals surface area (Å²) < 4.78 is 0. The number of hydrogen-bond acceptors (Lipinski definition) is 4. The van der Waals surface area contributed by atoms with E-state index in [9.17, 15) is 9.59 Å². The summed E-state index contributed by atoms with van der Waals surface area (Å²) in [7, 11) is 0. The lowest BCUT2D eigenvalue weighted by molar-refractivity contribution is -0.122. The molecule has 1 aliphatic carbocycles. The van der Waals surface area contributed by atoms with Gasteiger partial charge in [0.2, 0.25) is 11.8 Å². The van der Waals surface area contributed by atoms with E-state index in [1.807, 2.05) is 17.5 Å². The van der Waals surface area contributed by atoms with E-state index >= 15 is 0 Å². The van der Waals surface area contributed by atoms with Gasteiger partial charge in [0.1, 0.15) is 0 Å². The minimum absolute atomic E-state index is 0.0824. The molecule has 1 unspecified atom stereocenters. The molecular formula is C17H16ClN3O2S. The van der Waals surface area contributed by atoms with Crippen molar-refractivity contribution in [3.63, 3.8) is 0 Å². The van der Waals surface area contributed by atoms with Crippen molar-refractivity contribution in [3.05, 3.63) is 40.4 Å². The lowest BCUT2D eigenvalue weighted by atomic mass is 10.1. The van der Waals surface area contributed by atoms with Gasteiger partial charge < -0.3 is 10.2 Å². The number of hydrogen-bond donors (Lipinski definition) is 1. The standard InChI is InChI=1S/C17H16ClN3O2S/c18-12-3-1-2-4-14(12)21-8-11(7-15(21)22)16(23)20-17-19-13(9-24-17)10-5-6-10/h1-4,9-11H,5-8H2,(H,19,20,23). The Morgan fingerprint density at radius 2 is 2.12 bits per heavy atom. The van der Waals surface area contributed by atoms with Crippen molar-refractivity contribution in [2.45, 2.75) is 25.2 Å². The summed E-state index contributed by atoms with van der Waals surface area (Å²) in [4.78, 5) is 30.8. The van der Waals surface area contributed by atoms with E-state index in [0.29, 0.717) is 28.3 Å². The Hall–Kier alpha value is -1.92. The Morgan fingerprint density at radius 1 is 1.33 bits per heavy atom. The number of carbonyl (C=O) groups excluding carboxylic acids is 2. The molecule has 0 spiro atoms. The zero-order valence-electron chi connectivity index (χ0n) is 12.9. The monoisotopic (exact) mass is 361 g/mol. The minimum atomic E-state index is -0.387. The zero-order chi connectivity index (χ0) is 16.7. The number of thiazole rings is 1. The van der Waals surface area contributed by atoms with Crippen molar-refractivity contribution in [1.29, 1.82) is 0 Å². The van der Waals surface area contributed by atoms with Crippen LogP contribution >= 0.6 is 22.9 Å². The number of para-hydroxylation sites is 1. The molecule has 2 heterocycles. The van der Waals surface area contributed by atoms with E-state index in [4.69, 9.17) is 11.6 Å². The number of nitrogens with one attached hydrogen (secondary N) is 1. The first-order chi connectivity index (χ1) is 11.6. The van der Waals surface area contributed by atoms with Crippen LogP contribution in [0.1, 0.15) is 30.9 Å². The number of halogens is 1. The highest BCUT2D eigenvalue weighted by Gasteiger charge is 2.36. The Kier molecular flexibility index (Phi) is 4.02. The minimum Gasteiger partial charge on any atom is -0.310 e. The van der Waals surface area contributed by atoms with Gasteiger partial charge in [-0.15, -0.1) is 11.3 Å². The second kappa shape index (κ2) is 6.18. The molecule has 1 aromatic heterocycles. The molecular weight excluding hydrogens is 346 g/mol. The van der Waals surface area contributed by atoms with E-state index in [-0.39, 0.29) is 24.2 Å². The van der Waals surface area contributed by atoms with Crippen molar-refractivity contribution in [3.8, 4) is 0 Å². The maximum absolute atomic E-state index is 12.5. The van der Waals surface area contributed by atoms with Gasteiger partial charge in [0.25, 0.3) is 0 Å². The van der Waals surface area contributed by atoms with Crippen molar-refractivity contribution < 1.29 is 9.59 Å². The van der Waals surface area contributed by atoms with E-state index in [1.165, 1.54) is 24.2 Å². The summed E-state index contributed by atoms with van der Waals surface area (Å²) in [5.74, 6) is -0.0617. The lowest BCUT2D eigenvalue weighted by Crippen LogP contribution is -2.28. The van der Waals surface area contributed by atoms with Gasteiger partial charge >= 0.3 is 0 Å². The van der Waals surface area contributed by atoms with Crippen LogP contribution in [0.5, 0.6) is 0 Å². The quantitative estimate of drug-likeness (QED) is 0.903. The van der Waals surface area contributed by atoms with Gasteiger partial charge in [-0.1, -0.05) is 23.7 Å². The van der Waals surface area contributed by atoms with Gasteiger partial charge in [0.15, 0.2) is 5.13 Å². The van der Waals surface area contributed by atoms with Crippen LogP contribution in [0.3, 0.4) is 0 Å². The third-order valence-corrected chi connectivity index (χ3v) is 5.48. The number of nitrogens with zero attached hydrogens (tertiary/aromatic N) is 2. The third-order valence-electron chi connectivity index (χ3n) is 4.39. The van der Waals surface area contributed by atoms with Gasteiger partial charge in [-0.3, -0.25) is 9.59 Å². The van der Waals surface area contributed by atoms with E-state index < -0.39 is 0 Å². The number of aromatic nitrogens is 1. The van der Waals surface area contributed by atoms with Crippen molar-refractivity contribution in [2.75, 3.05) is 16.8 Å². The lowest BCUT2D eigenvalue weighted by Gasteiger charge is -2.17. The molecule has 1 aliphatic heterocycles. The smallest absolute Gasteiger partial charge is 0.231 e. The molecule has 24 heavy (non-hydrogen) atoms. The first-order valence-electron chi connectivity index (χ1n) is 7.93. The molecule has 4 rings (SSSR count). The average molecular weight is 362 g/mol. The van der Waals surface area contributed by atoms with Crippen LogP contribution in [0, 0.1) is 5.92 Å². The summed E-state index contributed by atoms with van der Waals surface area (Å²) in [6.45, 7) is 0.343. The maximum Gasteiger partial charge on any atom is 0.231 e. The number of anilines is 2. The number of rotatable bonds is 4. The van der Waals surface area contributed by atoms with Crippen LogP contribution in [0.4, 0.5) is 10.8 Å². The molecule has 1 aromatic carbocycles. The van der Waals surface area contributed by atoms with Crippen LogP contribution in [0.25, 0.3) is 0 Å². The number of amides is 2. The molecule has 2 aliphatic rings. The molecule has 7 heteroatoms. The normalized spacial score (nSPS) is 20.5. The predicted octanol–water partition coefficient (Wildman–Crippen LogP) is 3.67. The molecule has 1 N–H and O–H groups in total. The number of benzene rings is 1. The summed E-state index contributed by atoms with van der Waals surface area (Å²) in [6, 6.07) is 7.18. The van der Waals surface area contributed by atoms with Crippen molar-refractivity contribution in [2.24, 2.45) is 5.92 Å². The van der Waals surface area contributed by atoms with Crippen LogP contribution < -0.4 is 10.2 Å². The molecule has 2 aromatic rings. The topological polar surface area (TPSA) is 62.3 Å².